The number of hydrogen-bond donors (Lipinski definition) is 0. The summed E-state index contributed by atoms with van der Waals surface area (Å²) in [6.45, 7) is 0. The molecule has 0 amide bonds. The van der Waals surface area contributed by atoms with Crippen molar-refractivity contribution in [2.45, 2.75) is 151 Å². The van der Waals surface area contributed by atoms with E-state index < -0.39 is 0 Å². The van der Waals surface area contributed by atoms with Crippen molar-refractivity contribution < 1.29 is 31.1 Å². The maximum absolute atomic E-state index is 2.55. The van der Waals surface area contributed by atoms with E-state index in [1.54, 1.807) is 10.6 Å². The molecule has 4 aromatic rings. The number of benzene rings is 2. The Morgan fingerprint density at radius 1 is 0.404 bits per heavy atom. The second-order valence-corrected chi connectivity index (χ2v) is 20.2. The summed E-state index contributed by atoms with van der Waals surface area (Å²) in [6.07, 6.45) is 29.8. The van der Waals surface area contributed by atoms with Crippen LogP contribution in [0, 0.1) is 0 Å². The van der Waals surface area contributed by atoms with Crippen molar-refractivity contribution in [2.24, 2.45) is 0 Å². The molecular formula is C42H56F2P2Ti. The molecule has 4 saturated carbocycles. The molecule has 5 heteroatoms. The smallest absolute Gasteiger partial charge is 1.00 e. The summed E-state index contributed by atoms with van der Waals surface area (Å²) in [5.74, 6) is 0. The van der Waals surface area contributed by atoms with E-state index in [1.165, 1.54) is 150 Å². The van der Waals surface area contributed by atoms with Gasteiger partial charge in [-0.25, -0.2) is 0 Å². The maximum Gasteiger partial charge on any atom is 4.00 e. The van der Waals surface area contributed by atoms with Crippen molar-refractivity contribution in [1.82, 2.24) is 0 Å². The Labute approximate surface area is 301 Å². The Bertz CT molecular complexity index is 1230. The molecule has 0 aliphatic heterocycles. The largest absolute Gasteiger partial charge is 4.00 e. The normalized spacial score (nSPS) is 20.3. The standard InChI is InChI=1S/2C21H28P.2FH.Ti/c2*1-3-11-19(12-4-1)22(20-13-5-2-6-14-20)21-15-17-9-7-8-10-18(17)16-21;;;/h2*7-10,15-16,19-20H,1-6,11-14H2;2*1H;/q2*-1;;;+4/p-2. The van der Waals surface area contributed by atoms with Gasteiger partial charge < -0.3 is 9.41 Å². The van der Waals surface area contributed by atoms with Crippen molar-refractivity contribution in [2.75, 3.05) is 0 Å². The first-order chi connectivity index (χ1) is 21.8. The molecule has 0 saturated heterocycles. The zero-order valence-electron chi connectivity index (χ0n) is 28.5. The molecule has 4 aromatic carbocycles. The first kappa shape index (κ1) is 38.9. The Balaban J connectivity index is 0.000000200. The molecule has 47 heavy (non-hydrogen) atoms. The average Bonchev–Trinajstić information content (AvgIpc) is 3.72. The van der Waals surface area contributed by atoms with Crippen LogP contribution in [0.15, 0.2) is 72.8 Å². The first-order valence-electron chi connectivity index (χ1n) is 18.7. The molecule has 0 aromatic heterocycles. The number of rotatable bonds is 6. The zero-order chi connectivity index (χ0) is 29.6. The Kier molecular flexibility index (Phi) is 16.1. The van der Waals surface area contributed by atoms with Gasteiger partial charge in [0.25, 0.3) is 0 Å². The molecule has 0 bridgehead atoms. The van der Waals surface area contributed by atoms with Crippen LogP contribution < -0.4 is 20.0 Å². The predicted molar refractivity (Wildman–Crippen MR) is 200 cm³/mol. The topological polar surface area (TPSA) is 0 Å². The van der Waals surface area contributed by atoms with Crippen LogP contribution in [0.3, 0.4) is 0 Å². The third kappa shape index (κ3) is 9.66. The van der Waals surface area contributed by atoms with Gasteiger partial charge in [0.05, 0.1) is 0 Å². The van der Waals surface area contributed by atoms with Gasteiger partial charge in [0.15, 0.2) is 0 Å². The van der Waals surface area contributed by atoms with Crippen molar-refractivity contribution >= 4 is 48.0 Å². The molecule has 4 aliphatic carbocycles. The van der Waals surface area contributed by atoms with E-state index in [-0.39, 0.29) is 47.0 Å². The van der Waals surface area contributed by atoms with Crippen LogP contribution in [-0.4, -0.2) is 22.6 Å². The molecule has 0 unspecified atom stereocenters. The Morgan fingerprint density at radius 2 is 0.681 bits per heavy atom. The molecule has 252 valence electrons. The van der Waals surface area contributed by atoms with Gasteiger partial charge in [-0.15, -0.1) is 80.7 Å². The van der Waals surface area contributed by atoms with Crippen LogP contribution in [0.5, 0.6) is 0 Å². The van der Waals surface area contributed by atoms with E-state index in [0.717, 1.165) is 22.6 Å². The van der Waals surface area contributed by atoms with Gasteiger partial charge in [-0.3, -0.25) is 0 Å². The SMILES string of the molecule is [F-].[F-].[Ti+4].c1ccc2[cH-]c(P(C3CCCCC3)C3CCCCC3)cc2c1.c1ccc2[cH-]c(P(C3CCCCC3)C3CCCCC3)cc2c1. The fourth-order valence-corrected chi connectivity index (χ4v) is 17.2. The maximum atomic E-state index is 2.55. The number of hydrogen-bond acceptors (Lipinski definition) is 0. The van der Waals surface area contributed by atoms with Crippen LogP contribution in [0.1, 0.15) is 128 Å². The van der Waals surface area contributed by atoms with Gasteiger partial charge in [0.2, 0.25) is 0 Å². The molecule has 0 nitrogen and oxygen atoms in total. The van der Waals surface area contributed by atoms with E-state index in [0.29, 0.717) is 0 Å². The summed E-state index contributed by atoms with van der Waals surface area (Å²) in [4.78, 5) is 0. The van der Waals surface area contributed by atoms with Gasteiger partial charge >= 0.3 is 21.7 Å². The minimum Gasteiger partial charge on any atom is -1.00 e. The molecule has 4 fully saturated rings. The van der Waals surface area contributed by atoms with Crippen molar-refractivity contribution in [1.29, 1.82) is 0 Å². The van der Waals surface area contributed by atoms with Crippen LogP contribution in [0.2, 0.25) is 0 Å². The summed E-state index contributed by atoms with van der Waals surface area (Å²) in [6, 6.07) is 28.1. The second-order valence-electron chi connectivity index (χ2n) is 14.7. The third-order valence-electron chi connectivity index (χ3n) is 11.7. The van der Waals surface area contributed by atoms with Crippen LogP contribution in [-0.2, 0) is 21.7 Å². The van der Waals surface area contributed by atoms with E-state index in [2.05, 4.69) is 72.8 Å². The molecule has 0 atom stereocenters. The van der Waals surface area contributed by atoms with Crippen LogP contribution >= 0.6 is 15.8 Å². The van der Waals surface area contributed by atoms with Gasteiger partial charge in [0.1, 0.15) is 0 Å². The van der Waals surface area contributed by atoms with Crippen molar-refractivity contribution in [3.8, 4) is 0 Å². The molecule has 0 spiro atoms. The minimum atomic E-state index is 0. The Hall–Kier alpha value is -0.906. The summed E-state index contributed by atoms with van der Waals surface area (Å²) in [5, 5.41) is 9.34. The van der Waals surface area contributed by atoms with Crippen LogP contribution in [0.4, 0.5) is 0 Å². The number of fused-ring (bicyclic) bond motifs is 2. The predicted octanol–water partition coefficient (Wildman–Crippen LogP) is 6.67. The van der Waals surface area contributed by atoms with Gasteiger partial charge in [0, 0.05) is 0 Å². The molecule has 0 heterocycles. The summed E-state index contributed by atoms with van der Waals surface area (Å²) in [5.41, 5.74) is 4.07. The van der Waals surface area contributed by atoms with E-state index in [1.807, 2.05) is 0 Å². The number of halogens is 2. The van der Waals surface area contributed by atoms with E-state index in [4.69, 9.17) is 0 Å². The molecule has 8 rings (SSSR count). The third-order valence-corrected chi connectivity index (χ3v) is 18.6. The van der Waals surface area contributed by atoms with Crippen molar-refractivity contribution in [3.63, 3.8) is 0 Å². The fourth-order valence-electron chi connectivity index (χ4n) is 9.44. The molecule has 4 aliphatic rings. The monoisotopic (exact) mass is 708 g/mol. The Morgan fingerprint density at radius 3 is 0.957 bits per heavy atom. The average molecular weight is 709 g/mol. The quantitative estimate of drug-likeness (QED) is 0.119. The fraction of sp³-hybridized carbons (Fsp3) is 0.571. The molecular weight excluding hydrogens is 652 g/mol. The van der Waals surface area contributed by atoms with Gasteiger partial charge in [-0.2, -0.15) is 12.1 Å². The zero-order valence-corrected chi connectivity index (χ0v) is 31.9. The second kappa shape index (κ2) is 19.5. The van der Waals surface area contributed by atoms with Crippen molar-refractivity contribution in [3.05, 3.63) is 72.8 Å². The first-order valence-corrected chi connectivity index (χ1v) is 21.7. The molecule has 0 radical (unpaired) electrons. The van der Waals surface area contributed by atoms with Gasteiger partial charge in [-0.05, 0) is 74.0 Å². The minimum absolute atomic E-state index is 0. The van der Waals surface area contributed by atoms with Crippen LogP contribution in [0.25, 0.3) is 21.5 Å². The summed E-state index contributed by atoms with van der Waals surface area (Å²) in [7, 11) is 0.122. The summed E-state index contributed by atoms with van der Waals surface area (Å²) < 4.78 is 0. The van der Waals surface area contributed by atoms with E-state index >= 15 is 0 Å². The molecule has 0 N–H and O–H groups in total. The van der Waals surface area contributed by atoms with E-state index in [9.17, 15) is 0 Å². The van der Waals surface area contributed by atoms with Gasteiger partial charge in [-0.1, -0.05) is 105 Å². The summed E-state index contributed by atoms with van der Waals surface area (Å²) >= 11 is 0.